The van der Waals surface area contributed by atoms with Crippen LogP contribution >= 0.6 is 24.2 Å². The van der Waals surface area contributed by atoms with Gasteiger partial charge in [0.1, 0.15) is 0 Å². The van der Waals surface area contributed by atoms with Gasteiger partial charge in [0.25, 0.3) is 0 Å². The molecule has 16 heavy (non-hydrogen) atoms. The highest BCUT2D eigenvalue weighted by atomic mass is 35.5. The van der Waals surface area contributed by atoms with Gasteiger partial charge >= 0.3 is 0 Å². The van der Waals surface area contributed by atoms with Crippen molar-refractivity contribution in [1.82, 2.24) is 5.32 Å². The van der Waals surface area contributed by atoms with Gasteiger partial charge in [0, 0.05) is 12.3 Å². The Morgan fingerprint density at radius 1 is 1.12 bits per heavy atom. The fraction of sp³-hybridized carbons (Fsp3) is 1.00. The minimum Gasteiger partial charge on any atom is -0.390 e. The van der Waals surface area contributed by atoms with Gasteiger partial charge in [-0.25, -0.2) is 0 Å². The average Bonchev–Trinajstić information content (AvgIpc) is 2.61. The first-order chi connectivity index (χ1) is 7.20. The fourth-order valence-corrected chi connectivity index (χ4v) is 6.54. The van der Waals surface area contributed by atoms with Gasteiger partial charge in [-0.05, 0) is 49.9 Å². The van der Waals surface area contributed by atoms with E-state index in [1.54, 1.807) is 0 Å². The smallest absolute Gasteiger partial charge is 0.0705 e. The fourth-order valence-electron chi connectivity index (χ4n) is 4.97. The molecular formula is C12H20ClNOS. The van der Waals surface area contributed by atoms with Crippen molar-refractivity contribution in [2.75, 3.05) is 12.3 Å². The van der Waals surface area contributed by atoms with E-state index in [4.69, 9.17) is 0 Å². The van der Waals surface area contributed by atoms with Crippen molar-refractivity contribution in [2.24, 2.45) is 17.8 Å². The van der Waals surface area contributed by atoms with Crippen molar-refractivity contribution in [3.63, 3.8) is 0 Å². The Morgan fingerprint density at radius 2 is 1.81 bits per heavy atom. The summed E-state index contributed by atoms with van der Waals surface area (Å²) in [5, 5.41) is 14.3. The molecule has 4 saturated carbocycles. The second kappa shape index (κ2) is 3.53. The normalized spacial score (nSPS) is 57.9. The second-order valence-corrected chi connectivity index (χ2v) is 7.51. The van der Waals surface area contributed by atoms with Crippen molar-refractivity contribution >= 4 is 24.2 Å². The van der Waals surface area contributed by atoms with Gasteiger partial charge in [-0.2, -0.15) is 0 Å². The topological polar surface area (TPSA) is 32.3 Å². The molecular weight excluding hydrogens is 242 g/mol. The van der Waals surface area contributed by atoms with Crippen molar-refractivity contribution in [3.8, 4) is 0 Å². The van der Waals surface area contributed by atoms with E-state index in [1.807, 2.05) is 0 Å². The van der Waals surface area contributed by atoms with Crippen LogP contribution in [0.4, 0.5) is 0 Å². The Morgan fingerprint density at radius 3 is 2.31 bits per heavy atom. The van der Waals surface area contributed by atoms with Crippen LogP contribution in [0.1, 0.15) is 32.1 Å². The van der Waals surface area contributed by atoms with Crippen LogP contribution in [0.25, 0.3) is 0 Å². The van der Waals surface area contributed by atoms with Crippen LogP contribution < -0.4 is 5.32 Å². The molecule has 4 bridgehead atoms. The van der Waals surface area contributed by atoms with Gasteiger partial charge < -0.3 is 10.4 Å². The Labute approximate surface area is 107 Å². The summed E-state index contributed by atoms with van der Waals surface area (Å²) in [7, 11) is 0. The number of nitrogens with one attached hydrogen (secondary N) is 1. The maximum Gasteiger partial charge on any atom is 0.0705 e. The molecule has 92 valence electrons. The SMILES string of the molecule is Cl.OC12CC3CC(C1)C1(NCCS1)C(C3)C2. The summed E-state index contributed by atoms with van der Waals surface area (Å²) >= 11 is 2.16. The zero-order valence-electron chi connectivity index (χ0n) is 9.45. The quantitative estimate of drug-likeness (QED) is 0.700. The molecule has 4 heteroatoms. The van der Waals surface area contributed by atoms with Gasteiger partial charge in [-0.3, -0.25) is 0 Å². The molecule has 0 aromatic rings. The van der Waals surface area contributed by atoms with Crippen LogP contribution in [0.15, 0.2) is 0 Å². The van der Waals surface area contributed by atoms with Crippen LogP contribution in [-0.2, 0) is 0 Å². The zero-order valence-corrected chi connectivity index (χ0v) is 11.1. The Kier molecular flexibility index (Phi) is 2.57. The molecule has 1 saturated heterocycles. The summed E-state index contributed by atoms with van der Waals surface area (Å²) in [5.74, 6) is 3.61. The highest BCUT2D eigenvalue weighted by molar-refractivity contribution is 8.00. The summed E-state index contributed by atoms with van der Waals surface area (Å²) in [5.41, 5.74) is -0.271. The van der Waals surface area contributed by atoms with Crippen molar-refractivity contribution in [1.29, 1.82) is 0 Å². The van der Waals surface area contributed by atoms with Crippen LogP contribution in [0.5, 0.6) is 0 Å². The highest BCUT2D eigenvalue weighted by Gasteiger charge is 2.62. The first-order valence-corrected chi connectivity index (χ1v) is 7.30. The number of hydrogen-bond donors (Lipinski definition) is 2. The molecule has 5 fully saturated rings. The lowest BCUT2D eigenvalue weighted by Crippen LogP contribution is -2.65. The molecule has 1 spiro atoms. The third-order valence-corrected chi connectivity index (χ3v) is 6.91. The van der Waals surface area contributed by atoms with Crippen LogP contribution in [-0.4, -0.2) is 27.9 Å². The number of halogens is 1. The zero-order chi connectivity index (χ0) is 10.1. The molecule has 4 aliphatic carbocycles. The predicted molar refractivity (Wildman–Crippen MR) is 68.9 cm³/mol. The van der Waals surface area contributed by atoms with Gasteiger partial charge in [0.2, 0.25) is 0 Å². The second-order valence-electron chi connectivity index (χ2n) is 6.14. The summed E-state index contributed by atoms with van der Waals surface area (Å²) in [6.45, 7) is 1.18. The van der Waals surface area contributed by atoms with E-state index in [2.05, 4.69) is 17.1 Å². The molecule has 1 aliphatic heterocycles. The van der Waals surface area contributed by atoms with E-state index in [0.29, 0.717) is 4.87 Å². The minimum absolute atomic E-state index is 0. The number of aliphatic hydroxyl groups is 1. The summed E-state index contributed by atoms with van der Waals surface area (Å²) in [6, 6.07) is 0. The lowest BCUT2D eigenvalue weighted by molar-refractivity contribution is -0.145. The molecule has 0 aromatic heterocycles. The number of rotatable bonds is 0. The van der Waals surface area contributed by atoms with Gasteiger partial charge in [-0.1, -0.05) is 0 Å². The monoisotopic (exact) mass is 261 g/mol. The van der Waals surface area contributed by atoms with E-state index in [1.165, 1.54) is 25.1 Å². The van der Waals surface area contributed by atoms with Crippen molar-refractivity contribution in [3.05, 3.63) is 0 Å². The number of thioether (sulfide) groups is 1. The summed E-state index contributed by atoms with van der Waals surface area (Å²) in [4.78, 5) is 0.378. The summed E-state index contributed by atoms with van der Waals surface area (Å²) < 4.78 is 0. The third kappa shape index (κ3) is 1.35. The highest BCUT2D eigenvalue weighted by Crippen LogP contribution is 2.63. The molecule has 2 atom stereocenters. The maximum absolute atomic E-state index is 10.5. The van der Waals surface area contributed by atoms with E-state index < -0.39 is 0 Å². The largest absolute Gasteiger partial charge is 0.390 e. The Bertz CT molecular complexity index is 287. The van der Waals surface area contributed by atoms with Crippen LogP contribution in [0.3, 0.4) is 0 Å². The van der Waals surface area contributed by atoms with E-state index in [9.17, 15) is 5.11 Å². The Hall–Kier alpha value is 0.560. The molecule has 1 heterocycles. The average molecular weight is 262 g/mol. The molecule has 5 rings (SSSR count). The lowest BCUT2D eigenvalue weighted by Gasteiger charge is -2.62. The molecule has 0 radical (unpaired) electrons. The van der Waals surface area contributed by atoms with Crippen molar-refractivity contribution < 1.29 is 5.11 Å². The van der Waals surface area contributed by atoms with E-state index in [0.717, 1.165) is 37.0 Å². The van der Waals surface area contributed by atoms with Gasteiger partial charge in [0.15, 0.2) is 0 Å². The van der Waals surface area contributed by atoms with E-state index >= 15 is 0 Å². The molecule has 5 aliphatic rings. The van der Waals surface area contributed by atoms with Crippen molar-refractivity contribution in [2.45, 2.75) is 42.6 Å². The molecule has 2 nitrogen and oxygen atoms in total. The first kappa shape index (κ1) is 11.6. The van der Waals surface area contributed by atoms with Crippen LogP contribution in [0, 0.1) is 17.8 Å². The molecule has 0 amide bonds. The lowest BCUT2D eigenvalue weighted by atomic mass is 9.52. The third-order valence-electron chi connectivity index (χ3n) is 5.21. The van der Waals surface area contributed by atoms with Crippen LogP contribution in [0.2, 0.25) is 0 Å². The molecule has 2 unspecified atom stereocenters. The van der Waals surface area contributed by atoms with Gasteiger partial charge in [-0.15, -0.1) is 24.2 Å². The number of hydrogen-bond acceptors (Lipinski definition) is 3. The Balaban J connectivity index is 0.000000810. The first-order valence-electron chi connectivity index (χ1n) is 6.32. The van der Waals surface area contributed by atoms with E-state index in [-0.39, 0.29) is 18.0 Å². The maximum atomic E-state index is 10.5. The van der Waals surface area contributed by atoms with Gasteiger partial charge in [0.05, 0.1) is 10.5 Å². The molecule has 2 N–H and O–H groups in total. The molecule has 0 aromatic carbocycles. The standard InChI is InChI=1S/C12H19NOS.ClH/c14-11-5-8-3-9(6-11)12(10(4-8)7-11)13-1-2-15-12;/h8-10,13-14H,1-7H2;1H. The minimum atomic E-state index is -0.271. The summed E-state index contributed by atoms with van der Waals surface area (Å²) in [6.07, 6.45) is 5.98. The predicted octanol–water partition coefficient (Wildman–Crippen LogP) is 2.01.